The number of hydrogen-bond donors (Lipinski definition) is 21. The largest absolute Gasteiger partial charge is 0.497 e. The summed E-state index contributed by atoms with van der Waals surface area (Å²) in [5.74, 6) is 34.6. The number of ether oxygens (including phenoxy) is 4. The number of unbranched alkanes of at least 4 members (excludes halogenated alkanes) is 2. The van der Waals surface area contributed by atoms with Crippen molar-refractivity contribution < 1.29 is 38.5 Å². The molecule has 95 heavy (non-hydrogen) atoms. The molecule has 0 saturated carbocycles. The van der Waals surface area contributed by atoms with E-state index in [0.717, 1.165) is 150 Å². The summed E-state index contributed by atoms with van der Waals surface area (Å²) in [6.07, 6.45) is 18.8. The van der Waals surface area contributed by atoms with E-state index in [1.807, 2.05) is 96.8 Å². The van der Waals surface area contributed by atoms with Gasteiger partial charge in [0.05, 0.1) is 54.3 Å². The number of nitrogens with two attached hydrogens (primary N) is 11. The van der Waals surface area contributed by atoms with E-state index in [2.05, 4.69) is 113 Å². The van der Waals surface area contributed by atoms with Gasteiger partial charge < -0.3 is 73.0 Å². The number of benzene rings is 4. The predicted octanol–water partition coefficient (Wildman–Crippen LogP) is 1.56. The minimum atomic E-state index is 0.116. The summed E-state index contributed by atoms with van der Waals surface area (Å²) in [5.41, 5.74) is 48.3. The Morgan fingerprint density at radius 3 is 1.28 bits per heavy atom. The molecule has 0 radical (unpaired) electrons. The number of methoxy groups -OCH3 is 4. The van der Waals surface area contributed by atoms with Gasteiger partial charge in [-0.1, -0.05) is 30.0 Å². The van der Waals surface area contributed by atoms with Crippen molar-refractivity contribution in [2.45, 2.75) is 45.4 Å². The van der Waals surface area contributed by atoms with Crippen molar-refractivity contribution in [2.24, 2.45) is 104 Å². The van der Waals surface area contributed by atoms with Gasteiger partial charge in [0.25, 0.3) is 0 Å². The number of thiocarbonyl (C=S) groups is 1. The van der Waals surface area contributed by atoms with E-state index < -0.39 is 0 Å². The average Bonchev–Trinajstić information content (AvgIpc) is 1.74. The third-order valence-corrected chi connectivity index (χ3v) is 12.6. The zero-order valence-electron chi connectivity index (χ0n) is 54.0. The highest BCUT2D eigenvalue weighted by atomic mass is 32.1. The lowest BCUT2D eigenvalue weighted by Crippen LogP contribution is -2.37. The second kappa shape index (κ2) is 45.6. The summed E-state index contributed by atoms with van der Waals surface area (Å²) in [4.78, 5) is 34.4. The van der Waals surface area contributed by atoms with Crippen molar-refractivity contribution in [3.63, 3.8) is 0 Å². The van der Waals surface area contributed by atoms with E-state index >= 15 is 0 Å². The lowest BCUT2D eigenvalue weighted by Gasteiger charge is -2.00. The van der Waals surface area contributed by atoms with Crippen LogP contribution >= 0.6 is 12.2 Å². The standard InChI is InChI=1S/C24H29N11O2.C15H22N6O.C10H9NO2.C4H15N9.C3H10N2.CH5N3S/c1-36-18-4-6-22-20(10-18)16(12-28-22)14-30-33-24(25)27-8-3-9-32-35(26)34-31-15-17-13-29-23-7-5-19(37-2)11-21(17)23;1-3-4-5-8-19-21(16)20-18-11-12-10-17-15-7-6-13(22-2)9-14(12)15;1-13-8-2-3-10-9(4-8)7(6-12)5-11-10;5-4(11-6)9-2-1-3-10-13(8)12-7;4-2-1-3-5;2-1(5)4-3/h4-7,10-15,32H,3,8-9,26H2,1-2H3,(H4,25,27,28,29,30,31,33,34);6-7,9-11,19H,3-5,8,16H2,1-2H3;2-6,11H,1H3;10H,1-3,8H2,(H6,5,6,7,9,11,12);1-5H2;3H2,(H3,2,4,5)/p+3. The zero-order valence-corrected chi connectivity index (χ0v) is 54.8. The molecule has 0 bridgehead atoms. The molecule has 0 spiro atoms. The fourth-order valence-electron chi connectivity index (χ4n) is 7.66. The highest BCUT2D eigenvalue weighted by molar-refractivity contribution is 7.80. The zero-order chi connectivity index (χ0) is 69.6. The summed E-state index contributed by atoms with van der Waals surface area (Å²) >= 11 is 4.24. The van der Waals surface area contributed by atoms with Crippen molar-refractivity contribution in [1.29, 1.82) is 0 Å². The fourth-order valence-corrected chi connectivity index (χ4v) is 7.66. The van der Waals surface area contributed by atoms with Crippen LogP contribution in [0, 0.1) is 0 Å². The van der Waals surface area contributed by atoms with Crippen LogP contribution in [-0.2, 0) is 0 Å². The number of nitrogens with one attached hydrogen (secondary N) is 10. The van der Waals surface area contributed by atoms with E-state index in [9.17, 15) is 4.79 Å². The number of carbonyl (C=O) groups is 1. The Bertz CT molecular complexity index is 3680. The molecule has 4 aromatic carbocycles. The number of hydrazine groups is 8. The van der Waals surface area contributed by atoms with Gasteiger partial charge in [0.15, 0.2) is 23.8 Å². The third-order valence-electron chi connectivity index (χ3n) is 12.5. The highest BCUT2D eigenvalue weighted by Crippen LogP contribution is 2.25. The molecule has 0 aliphatic carbocycles. The molecular formula is C57H93N32O5S+3. The molecule has 0 saturated heterocycles. The molecular weight excluding hydrogens is 1240 g/mol. The molecule has 0 aliphatic heterocycles. The molecule has 38 heteroatoms. The van der Waals surface area contributed by atoms with E-state index in [-0.39, 0.29) is 17.0 Å². The van der Waals surface area contributed by atoms with Crippen LogP contribution in [0.15, 0.2) is 138 Å². The maximum Gasteiger partial charge on any atom is 0.209 e. The minimum Gasteiger partial charge on any atom is -0.497 e. The molecule has 0 unspecified atom stereocenters. The van der Waals surface area contributed by atoms with Gasteiger partial charge in [0.2, 0.25) is 11.9 Å². The molecule has 514 valence electrons. The molecule has 0 amide bonds. The topological polar surface area (TPSA) is 583 Å². The van der Waals surface area contributed by atoms with Crippen LogP contribution in [0.4, 0.5) is 0 Å². The van der Waals surface area contributed by atoms with Gasteiger partial charge in [-0.25, -0.2) is 40.1 Å². The molecule has 8 aromatic rings. The number of carbonyl (C=O) groups excluding carboxylic acids is 1. The first-order valence-electron chi connectivity index (χ1n) is 29.3. The molecule has 0 aliphatic rings. The molecule has 32 N–H and O–H groups in total. The van der Waals surface area contributed by atoms with E-state index in [0.29, 0.717) is 44.7 Å². The Kier molecular flexibility index (Phi) is 37.3. The Labute approximate surface area is 553 Å². The van der Waals surface area contributed by atoms with E-state index in [1.165, 1.54) is 0 Å². The quantitative estimate of drug-likeness (QED) is 0.00381. The molecule has 4 heterocycles. The molecule has 37 nitrogen and oxygen atoms in total. The number of fused-ring (bicyclic) bond motifs is 4. The Hall–Kier alpha value is -11.6. The number of H-pyrrole nitrogens is 4. The minimum absolute atomic E-state index is 0.116. The van der Waals surface area contributed by atoms with Crippen molar-refractivity contribution >= 4 is 97.8 Å². The van der Waals surface area contributed by atoms with Gasteiger partial charge in [-0.2, -0.15) is 10.9 Å². The van der Waals surface area contributed by atoms with Crippen LogP contribution in [0.2, 0.25) is 0 Å². The Balaban J connectivity index is 0.000000342. The van der Waals surface area contributed by atoms with Crippen LogP contribution in [0.5, 0.6) is 23.0 Å². The summed E-state index contributed by atoms with van der Waals surface area (Å²) in [5, 5.41) is 27.8. The second-order valence-electron chi connectivity index (χ2n) is 19.1. The first-order chi connectivity index (χ1) is 46.0. The Morgan fingerprint density at radius 2 is 0.916 bits per heavy atom. The highest BCUT2D eigenvalue weighted by Gasteiger charge is 2.09. The summed E-state index contributed by atoms with van der Waals surface area (Å²) in [7, 11) is 6.52. The van der Waals surface area contributed by atoms with Gasteiger partial charge >= 0.3 is 0 Å². The smallest absolute Gasteiger partial charge is 0.209 e. The van der Waals surface area contributed by atoms with Crippen molar-refractivity contribution in [1.82, 2.24) is 52.7 Å². The fraction of sp³-hybridized carbons (Fsp3) is 0.316. The van der Waals surface area contributed by atoms with Gasteiger partial charge in [-0.3, -0.25) is 20.2 Å². The maximum absolute atomic E-state index is 10.6. The number of aliphatic imine (C=N–C) groups is 2. The molecule has 0 atom stereocenters. The molecule has 8 rings (SSSR count). The van der Waals surface area contributed by atoms with Crippen molar-refractivity contribution in [2.75, 3.05) is 74.3 Å². The first kappa shape index (κ1) is 77.6. The van der Waals surface area contributed by atoms with Crippen molar-refractivity contribution in [3.8, 4) is 23.0 Å². The number of hydrazone groups is 3. The lowest BCUT2D eigenvalue weighted by atomic mass is 10.2. The van der Waals surface area contributed by atoms with E-state index in [1.54, 1.807) is 53.3 Å². The SMILES string of the molecule is CCCCCN=[N+](N)N/N=C/c1c[nH]c2ccc(OC)cc12.COc1ccc2[nH]cc(/C=N/NC(N)=NCCCN=[N+](N)N/N=C/c3c[nH]c4ccc(OC)cc34)c2c1.COc1ccc2[nH]cc(C=O)c2c1.NCCCN.NN=[N+](N)NCCCN=C(N)NN.NNC(N)=S. The first-order valence-corrected chi connectivity index (χ1v) is 29.7. The number of nitrogens with zero attached hydrogens (tertiary/aromatic N) is 11. The van der Waals surface area contributed by atoms with Crippen molar-refractivity contribution in [3.05, 3.63) is 120 Å². The van der Waals surface area contributed by atoms with Gasteiger partial charge in [-0.15, -0.1) is 0 Å². The summed E-state index contributed by atoms with van der Waals surface area (Å²) in [6, 6.07) is 23.0. The predicted molar refractivity (Wildman–Crippen MR) is 375 cm³/mol. The van der Waals surface area contributed by atoms with Crippen LogP contribution in [0.1, 0.15) is 72.5 Å². The molecule has 0 fully saturated rings. The number of aromatic nitrogens is 4. The number of guanidine groups is 2. The maximum atomic E-state index is 10.6. The summed E-state index contributed by atoms with van der Waals surface area (Å²) < 4.78 is 20.8. The van der Waals surface area contributed by atoms with Gasteiger partial charge in [-0.05, 0) is 135 Å². The van der Waals surface area contributed by atoms with Crippen LogP contribution < -0.4 is 115 Å². The van der Waals surface area contributed by atoms with Gasteiger partial charge in [0, 0.05) is 129 Å². The Morgan fingerprint density at radius 1 is 0.526 bits per heavy atom. The van der Waals surface area contributed by atoms with E-state index in [4.69, 9.17) is 76.8 Å². The number of hydrogen-bond acceptors (Lipinski definition) is 18. The van der Waals surface area contributed by atoms with Crippen LogP contribution in [-0.4, -0.2) is 151 Å². The van der Waals surface area contributed by atoms with Crippen LogP contribution in [0.3, 0.4) is 0 Å². The summed E-state index contributed by atoms with van der Waals surface area (Å²) in [6.45, 7) is 6.31. The monoisotopic (exact) mass is 1340 g/mol. The second-order valence-corrected chi connectivity index (χ2v) is 19.6. The van der Waals surface area contributed by atoms with Crippen LogP contribution in [0.25, 0.3) is 43.6 Å². The third kappa shape index (κ3) is 29.5. The normalized spacial score (nSPS) is 11.7. The average molecular weight is 1340 g/mol. The number of aromatic amines is 4. The number of rotatable bonds is 28. The van der Waals surface area contributed by atoms with Gasteiger partial charge in [0.1, 0.15) is 28.2 Å². The lowest BCUT2D eigenvalue weighted by molar-refractivity contribution is -0.662. The number of aldehydes is 1. The molecule has 4 aromatic heterocycles.